The molecular weight excluding hydrogens is 282 g/mol. The molecule has 0 saturated carbocycles. The first-order valence-electron chi connectivity index (χ1n) is 5.88. The van der Waals surface area contributed by atoms with Gasteiger partial charge in [-0.1, -0.05) is 15.9 Å². The molecule has 0 unspecified atom stereocenters. The van der Waals surface area contributed by atoms with Crippen LogP contribution < -0.4 is 10.1 Å². The van der Waals surface area contributed by atoms with Gasteiger partial charge in [-0.2, -0.15) is 0 Å². The van der Waals surface area contributed by atoms with Crippen molar-refractivity contribution < 1.29 is 9.47 Å². The molecule has 0 aliphatic rings. The van der Waals surface area contributed by atoms with Crippen LogP contribution in [0.5, 0.6) is 5.75 Å². The summed E-state index contributed by atoms with van der Waals surface area (Å²) >= 11 is 3.53. The minimum Gasteiger partial charge on any atom is -0.497 e. The van der Waals surface area contributed by atoms with Crippen molar-refractivity contribution in [2.45, 2.75) is 19.9 Å². The summed E-state index contributed by atoms with van der Waals surface area (Å²) in [5, 5.41) is 3.39. The fourth-order valence-corrected chi connectivity index (χ4v) is 1.87. The van der Waals surface area contributed by atoms with Crippen molar-refractivity contribution in [2.75, 3.05) is 26.9 Å². The maximum atomic E-state index is 5.28. The third-order valence-corrected chi connectivity index (χ3v) is 3.19. The van der Waals surface area contributed by atoms with E-state index in [9.17, 15) is 0 Å². The zero-order valence-corrected chi connectivity index (χ0v) is 12.0. The van der Waals surface area contributed by atoms with E-state index in [0.717, 1.165) is 42.9 Å². The van der Waals surface area contributed by atoms with Crippen molar-refractivity contribution in [3.63, 3.8) is 0 Å². The number of benzene rings is 1. The van der Waals surface area contributed by atoms with Crippen LogP contribution in [0.25, 0.3) is 0 Å². The highest BCUT2D eigenvalue weighted by Crippen LogP contribution is 2.22. The van der Waals surface area contributed by atoms with Gasteiger partial charge in [0.1, 0.15) is 5.75 Å². The first-order chi connectivity index (χ1) is 8.27. The molecule has 0 aliphatic carbocycles. The topological polar surface area (TPSA) is 30.5 Å². The van der Waals surface area contributed by atoms with E-state index in [2.05, 4.69) is 21.2 Å². The highest BCUT2D eigenvalue weighted by molar-refractivity contribution is 9.10. The standard InChI is InChI=1S/C13H20BrNO2/c1-3-17-8-4-7-15-10-11-9-12(16-2)5-6-13(11)14/h5-6,9,15H,3-4,7-8,10H2,1-2H3. The lowest BCUT2D eigenvalue weighted by molar-refractivity contribution is 0.144. The van der Waals surface area contributed by atoms with Crippen LogP contribution in [0.4, 0.5) is 0 Å². The Morgan fingerprint density at radius 3 is 2.88 bits per heavy atom. The van der Waals surface area contributed by atoms with Gasteiger partial charge in [-0.25, -0.2) is 0 Å². The minimum absolute atomic E-state index is 0.793. The average molecular weight is 302 g/mol. The van der Waals surface area contributed by atoms with E-state index in [1.807, 2.05) is 25.1 Å². The van der Waals surface area contributed by atoms with Crippen LogP contribution in [0.1, 0.15) is 18.9 Å². The van der Waals surface area contributed by atoms with Gasteiger partial charge in [0.25, 0.3) is 0 Å². The molecule has 0 amide bonds. The van der Waals surface area contributed by atoms with E-state index in [0.29, 0.717) is 0 Å². The third-order valence-electron chi connectivity index (χ3n) is 2.41. The van der Waals surface area contributed by atoms with Crippen molar-refractivity contribution in [1.82, 2.24) is 5.32 Å². The Morgan fingerprint density at radius 2 is 2.18 bits per heavy atom. The maximum Gasteiger partial charge on any atom is 0.119 e. The molecule has 4 heteroatoms. The van der Waals surface area contributed by atoms with E-state index >= 15 is 0 Å². The fourth-order valence-electron chi connectivity index (χ4n) is 1.48. The monoisotopic (exact) mass is 301 g/mol. The molecule has 3 nitrogen and oxygen atoms in total. The van der Waals surface area contributed by atoms with Crippen molar-refractivity contribution in [3.05, 3.63) is 28.2 Å². The molecule has 1 N–H and O–H groups in total. The van der Waals surface area contributed by atoms with Gasteiger partial charge in [0.2, 0.25) is 0 Å². The molecule has 0 bridgehead atoms. The summed E-state index contributed by atoms with van der Waals surface area (Å²) in [4.78, 5) is 0. The molecule has 1 aromatic carbocycles. The molecule has 0 atom stereocenters. The molecule has 0 fully saturated rings. The molecule has 17 heavy (non-hydrogen) atoms. The minimum atomic E-state index is 0.793. The fraction of sp³-hybridized carbons (Fsp3) is 0.538. The molecular formula is C13H20BrNO2. The summed E-state index contributed by atoms with van der Waals surface area (Å²) in [7, 11) is 1.68. The van der Waals surface area contributed by atoms with E-state index < -0.39 is 0 Å². The lowest BCUT2D eigenvalue weighted by Crippen LogP contribution is -2.16. The lowest BCUT2D eigenvalue weighted by Gasteiger charge is -2.09. The molecule has 0 aliphatic heterocycles. The van der Waals surface area contributed by atoms with Crippen molar-refractivity contribution >= 4 is 15.9 Å². The van der Waals surface area contributed by atoms with Gasteiger partial charge in [-0.15, -0.1) is 0 Å². The average Bonchev–Trinajstić information content (AvgIpc) is 2.35. The summed E-state index contributed by atoms with van der Waals surface area (Å²) in [6.45, 7) is 5.43. The molecule has 0 spiro atoms. The largest absolute Gasteiger partial charge is 0.497 e. The van der Waals surface area contributed by atoms with Gasteiger partial charge in [0.15, 0.2) is 0 Å². The van der Waals surface area contributed by atoms with Gasteiger partial charge in [-0.3, -0.25) is 0 Å². The van der Waals surface area contributed by atoms with Crippen LogP contribution in [-0.2, 0) is 11.3 Å². The van der Waals surface area contributed by atoms with Crippen LogP contribution in [0.15, 0.2) is 22.7 Å². The van der Waals surface area contributed by atoms with Gasteiger partial charge >= 0.3 is 0 Å². The Kier molecular flexibility index (Phi) is 7.24. The predicted molar refractivity (Wildman–Crippen MR) is 73.5 cm³/mol. The molecule has 1 rings (SSSR count). The highest BCUT2D eigenvalue weighted by atomic mass is 79.9. The van der Waals surface area contributed by atoms with Gasteiger partial charge in [0, 0.05) is 24.2 Å². The van der Waals surface area contributed by atoms with Crippen LogP contribution in [0.3, 0.4) is 0 Å². The Morgan fingerprint density at radius 1 is 1.35 bits per heavy atom. The second-order valence-corrected chi connectivity index (χ2v) is 4.54. The summed E-state index contributed by atoms with van der Waals surface area (Å²) < 4.78 is 11.6. The first-order valence-corrected chi connectivity index (χ1v) is 6.68. The number of nitrogens with one attached hydrogen (secondary N) is 1. The maximum absolute atomic E-state index is 5.28. The molecule has 0 radical (unpaired) electrons. The zero-order valence-electron chi connectivity index (χ0n) is 10.5. The molecule has 0 aromatic heterocycles. The number of ether oxygens (including phenoxy) is 2. The normalized spacial score (nSPS) is 10.5. The third kappa shape index (κ3) is 5.52. The van der Waals surface area contributed by atoms with E-state index in [4.69, 9.17) is 9.47 Å². The van der Waals surface area contributed by atoms with E-state index in [1.165, 1.54) is 5.56 Å². The molecule has 96 valence electrons. The Bertz CT molecular complexity index is 331. The van der Waals surface area contributed by atoms with Crippen LogP contribution in [0, 0.1) is 0 Å². The second kappa shape index (κ2) is 8.50. The number of rotatable bonds is 8. The van der Waals surface area contributed by atoms with Crippen LogP contribution in [0.2, 0.25) is 0 Å². The van der Waals surface area contributed by atoms with Gasteiger partial charge in [0.05, 0.1) is 7.11 Å². The molecule has 0 heterocycles. The van der Waals surface area contributed by atoms with Crippen molar-refractivity contribution in [2.24, 2.45) is 0 Å². The number of hydrogen-bond donors (Lipinski definition) is 1. The Hall–Kier alpha value is -0.580. The van der Waals surface area contributed by atoms with Crippen molar-refractivity contribution in [1.29, 1.82) is 0 Å². The van der Waals surface area contributed by atoms with Crippen LogP contribution in [-0.4, -0.2) is 26.9 Å². The molecule has 1 aromatic rings. The van der Waals surface area contributed by atoms with E-state index in [-0.39, 0.29) is 0 Å². The summed E-state index contributed by atoms with van der Waals surface area (Å²) in [5.41, 5.74) is 1.21. The van der Waals surface area contributed by atoms with Crippen LogP contribution >= 0.6 is 15.9 Å². The van der Waals surface area contributed by atoms with Gasteiger partial charge < -0.3 is 14.8 Å². The Labute approximate surface area is 112 Å². The number of methoxy groups -OCH3 is 1. The number of hydrogen-bond acceptors (Lipinski definition) is 3. The zero-order chi connectivity index (χ0) is 12.5. The highest BCUT2D eigenvalue weighted by Gasteiger charge is 2.01. The van der Waals surface area contributed by atoms with E-state index in [1.54, 1.807) is 7.11 Å². The predicted octanol–water partition coefficient (Wildman–Crippen LogP) is 2.97. The Balaban J connectivity index is 2.30. The molecule has 0 saturated heterocycles. The summed E-state index contributed by atoms with van der Waals surface area (Å²) in [6.07, 6.45) is 1.04. The van der Waals surface area contributed by atoms with Crippen molar-refractivity contribution in [3.8, 4) is 5.75 Å². The van der Waals surface area contributed by atoms with Gasteiger partial charge in [-0.05, 0) is 43.7 Å². The number of halogens is 1. The quantitative estimate of drug-likeness (QED) is 0.749. The lowest BCUT2D eigenvalue weighted by atomic mass is 10.2. The first kappa shape index (κ1) is 14.5. The smallest absolute Gasteiger partial charge is 0.119 e. The second-order valence-electron chi connectivity index (χ2n) is 3.68. The summed E-state index contributed by atoms with van der Waals surface area (Å²) in [5.74, 6) is 0.888. The summed E-state index contributed by atoms with van der Waals surface area (Å²) in [6, 6.07) is 6.00. The SMILES string of the molecule is CCOCCCNCc1cc(OC)ccc1Br.